The second-order valence-electron chi connectivity index (χ2n) is 5.78. The van der Waals surface area contributed by atoms with Crippen molar-refractivity contribution in [3.63, 3.8) is 0 Å². The highest BCUT2D eigenvalue weighted by Crippen LogP contribution is 2.25. The van der Waals surface area contributed by atoms with Gasteiger partial charge in [-0.3, -0.25) is 4.72 Å². The van der Waals surface area contributed by atoms with Crippen LogP contribution in [0.2, 0.25) is 0 Å². The topological polar surface area (TPSA) is 99.0 Å². The molecule has 0 aliphatic rings. The number of thiophene rings is 1. The molecule has 1 N–H and O–H groups in total. The highest BCUT2D eigenvalue weighted by Gasteiger charge is 2.16. The second-order valence-corrected chi connectivity index (χ2v) is 8.97. The van der Waals surface area contributed by atoms with Gasteiger partial charge >= 0.3 is 0 Å². The quantitative estimate of drug-likeness (QED) is 0.518. The number of hydrogen-bond donors (Lipinski definition) is 1. The van der Waals surface area contributed by atoms with E-state index in [9.17, 15) is 8.42 Å². The zero-order chi connectivity index (χ0) is 19.6. The van der Waals surface area contributed by atoms with Crippen LogP contribution >= 0.6 is 11.3 Å². The molecule has 4 rings (SSSR count). The second kappa shape index (κ2) is 7.41. The van der Waals surface area contributed by atoms with Gasteiger partial charge < -0.3 is 4.74 Å². The monoisotopic (exact) mass is 413 g/mol. The van der Waals surface area contributed by atoms with Crippen LogP contribution in [0.5, 0.6) is 11.6 Å². The summed E-state index contributed by atoms with van der Waals surface area (Å²) in [5.74, 6) is 1.40. The molecule has 3 aromatic heterocycles. The molecular weight excluding hydrogens is 398 g/mol. The minimum atomic E-state index is -3.59. The lowest BCUT2D eigenvalue weighted by atomic mass is 10.3. The summed E-state index contributed by atoms with van der Waals surface area (Å²) in [5, 5.41) is 12.1. The number of nitrogens with zero attached hydrogens (tertiary/aromatic N) is 4. The maximum Gasteiger partial charge on any atom is 0.271 e. The first-order valence-electron chi connectivity index (χ1n) is 8.20. The SMILES string of the molecule is Cc1ccc(S(=O)(=O)Nc2ccc(Oc3ccc(-n4cccn4)nn3)cc2)s1. The van der Waals surface area contributed by atoms with Gasteiger partial charge in [0.1, 0.15) is 9.96 Å². The molecule has 0 amide bonds. The molecule has 0 saturated carbocycles. The van der Waals surface area contributed by atoms with E-state index in [0.29, 0.717) is 23.1 Å². The number of rotatable bonds is 6. The molecule has 1 aromatic carbocycles. The van der Waals surface area contributed by atoms with Crippen molar-refractivity contribution in [1.29, 1.82) is 0 Å². The van der Waals surface area contributed by atoms with E-state index in [1.54, 1.807) is 71.7 Å². The van der Waals surface area contributed by atoms with Gasteiger partial charge in [-0.2, -0.15) is 5.10 Å². The van der Waals surface area contributed by atoms with E-state index in [1.807, 2.05) is 6.92 Å². The van der Waals surface area contributed by atoms with Crippen LogP contribution < -0.4 is 9.46 Å². The number of hydrogen-bond acceptors (Lipinski definition) is 7. The number of anilines is 1. The minimum absolute atomic E-state index is 0.276. The van der Waals surface area contributed by atoms with Crippen molar-refractivity contribution in [3.8, 4) is 17.4 Å². The van der Waals surface area contributed by atoms with Gasteiger partial charge in [0.2, 0.25) is 5.88 Å². The Balaban J connectivity index is 1.43. The van der Waals surface area contributed by atoms with Crippen LogP contribution in [0.3, 0.4) is 0 Å². The van der Waals surface area contributed by atoms with Crippen LogP contribution in [0.15, 0.2) is 71.2 Å². The highest BCUT2D eigenvalue weighted by atomic mass is 32.2. The normalized spacial score (nSPS) is 11.3. The van der Waals surface area contributed by atoms with Crippen LogP contribution in [-0.2, 0) is 10.0 Å². The summed E-state index contributed by atoms with van der Waals surface area (Å²) in [4.78, 5) is 0.934. The van der Waals surface area contributed by atoms with E-state index in [1.165, 1.54) is 11.3 Å². The Labute approximate surface area is 165 Å². The third kappa shape index (κ3) is 4.02. The molecule has 0 fully saturated rings. The molecule has 0 bridgehead atoms. The average molecular weight is 413 g/mol. The summed E-state index contributed by atoms with van der Waals surface area (Å²) in [5.41, 5.74) is 0.443. The van der Waals surface area contributed by atoms with Crippen molar-refractivity contribution < 1.29 is 13.2 Å². The molecule has 0 aliphatic heterocycles. The Hall–Kier alpha value is -3.24. The van der Waals surface area contributed by atoms with Crippen molar-refractivity contribution in [3.05, 3.63) is 71.9 Å². The molecule has 0 spiro atoms. The molecule has 0 radical (unpaired) electrons. The van der Waals surface area contributed by atoms with Crippen LogP contribution in [0, 0.1) is 6.92 Å². The van der Waals surface area contributed by atoms with Crippen LogP contribution in [-0.4, -0.2) is 28.4 Å². The van der Waals surface area contributed by atoms with Gasteiger partial charge in [-0.1, -0.05) is 0 Å². The summed E-state index contributed by atoms with van der Waals surface area (Å²) in [7, 11) is -3.59. The fraction of sp³-hybridized carbons (Fsp3) is 0.0556. The van der Waals surface area contributed by atoms with Gasteiger partial charge in [0.05, 0.1) is 0 Å². The summed E-state index contributed by atoms with van der Waals surface area (Å²) >= 11 is 1.22. The lowest BCUT2D eigenvalue weighted by Crippen LogP contribution is -2.11. The predicted octanol–water partition coefficient (Wildman–Crippen LogP) is 3.63. The first kappa shape index (κ1) is 18.1. The van der Waals surface area contributed by atoms with Crippen molar-refractivity contribution in [1.82, 2.24) is 20.0 Å². The molecule has 0 unspecified atom stereocenters. The molecule has 8 nitrogen and oxygen atoms in total. The number of aryl methyl sites for hydroxylation is 1. The summed E-state index contributed by atoms with van der Waals surface area (Å²) in [6.07, 6.45) is 3.42. The third-order valence-electron chi connectivity index (χ3n) is 3.67. The zero-order valence-corrected chi connectivity index (χ0v) is 16.3. The van der Waals surface area contributed by atoms with E-state index >= 15 is 0 Å². The van der Waals surface area contributed by atoms with Crippen molar-refractivity contribution in [2.75, 3.05) is 4.72 Å². The van der Waals surface area contributed by atoms with Gasteiger partial charge in [-0.05, 0) is 55.5 Å². The predicted molar refractivity (Wildman–Crippen MR) is 106 cm³/mol. The Kier molecular flexibility index (Phi) is 4.80. The molecular formula is C18H15N5O3S2. The number of benzene rings is 1. The molecule has 142 valence electrons. The van der Waals surface area contributed by atoms with Gasteiger partial charge in [0, 0.05) is 29.0 Å². The lowest BCUT2D eigenvalue weighted by molar-refractivity contribution is 0.454. The molecule has 0 atom stereocenters. The van der Waals surface area contributed by atoms with E-state index in [2.05, 4.69) is 20.0 Å². The summed E-state index contributed by atoms with van der Waals surface area (Å²) in [6.45, 7) is 1.86. The fourth-order valence-corrected chi connectivity index (χ4v) is 4.71. The average Bonchev–Trinajstić information content (AvgIpc) is 3.36. The smallest absolute Gasteiger partial charge is 0.271 e. The first-order chi connectivity index (χ1) is 13.5. The molecule has 4 aromatic rings. The van der Waals surface area contributed by atoms with Crippen LogP contribution in [0.4, 0.5) is 5.69 Å². The minimum Gasteiger partial charge on any atom is -0.438 e. The van der Waals surface area contributed by atoms with E-state index in [0.717, 1.165) is 4.88 Å². The maximum atomic E-state index is 12.4. The first-order valence-corrected chi connectivity index (χ1v) is 10.5. The van der Waals surface area contributed by atoms with E-state index < -0.39 is 10.0 Å². The maximum absolute atomic E-state index is 12.4. The third-order valence-corrected chi connectivity index (χ3v) is 6.55. The van der Waals surface area contributed by atoms with Gasteiger partial charge in [0.25, 0.3) is 10.0 Å². The number of nitrogens with one attached hydrogen (secondary N) is 1. The van der Waals surface area contributed by atoms with Crippen LogP contribution in [0.1, 0.15) is 4.88 Å². The van der Waals surface area contributed by atoms with Gasteiger partial charge in [-0.25, -0.2) is 13.1 Å². The van der Waals surface area contributed by atoms with E-state index in [4.69, 9.17) is 4.74 Å². The molecule has 0 saturated heterocycles. The standard InChI is InChI=1S/C18H15N5O3S2/c1-13-3-10-18(27-13)28(24,25)22-14-4-6-15(7-5-14)26-17-9-8-16(20-21-17)23-12-2-11-19-23/h2-12,22H,1H3. The largest absolute Gasteiger partial charge is 0.438 e. The van der Waals surface area contributed by atoms with Crippen molar-refractivity contribution in [2.45, 2.75) is 11.1 Å². The Morgan fingerprint density at radius 1 is 1.04 bits per heavy atom. The molecule has 0 aliphatic carbocycles. The van der Waals surface area contributed by atoms with Crippen LogP contribution in [0.25, 0.3) is 5.82 Å². The van der Waals surface area contributed by atoms with E-state index in [-0.39, 0.29) is 4.21 Å². The van der Waals surface area contributed by atoms with Gasteiger partial charge in [0.15, 0.2) is 5.82 Å². The summed E-state index contributed by atoms with van der Waals surface area (Å²) < 4.78 is 34.8. The fourth-order valence-electron chi connectivity index (χ4n) is 2.37. The highest BCUT2D eigenvalue weighted by molar-refractivity contribution is 7.94. The molecule has 28 heavy (non-hydrogen) atoms. The molecule has 3 heterocycles. The van der Waals surface area contributed by atoms with Crippen molar-refractivity contribution >= 4 is 27.0 Å². The van der Waals surface area contributed by atoms with Crippen molar-refractivity contribution in [2.24, 2.45) is 0 Å². The number of aromatic nitrogens is 4. The number of sulfonamides is 1. The Morgan fingerprint density at radius 3 is 2.46 bits per heavy atom. The zero-order valence-electron chi connectivity index (χ0n) is 14.7. The van der Waals surface area contributed by atoms with Gasteiger partial charge in [-0.15, -0.1) is 21.5 Å². The Morgan fingerprint density at radius 2 is 1.86 bits per heavy atom. The molecule has 10 heteroatoms. The lowest BCUT2D eigenvalue weighted by Gasteiger charge is -2.08. The Bertz CT molecular complexity index is 1170. The number of ether oxygens (including phenoxy) is 1. The summed E-state index contributed by atoms with van der Waals surface area (Å²) in [6, 6.07) is 15.1.